The van der Waals surface area contributed by atoms with Crippen molar-refractivity contribution in [3.63, 3.8) is 0 Å². The molecule has 0 aliphatic carbocycles. The normalized spacial score (nSPS) is 18.2. The van der Waals surface area contributed by atoms with E-state index < -0.39 is 23.3 Å². The Morgan fingerprint density at radius 2 is 2.03 bits per heavy atom. The van der Waals surface area contributed by atoms with E-state index in [2.05, 4.69) is 10.3 Å². The molecule has 2 aromatic heterocycles. The third-order valence-electron chi connectivity index (χ3n) is 6.89. The number of fused-ring (bicyclic) bond motifs is 1. The van der Waals surface area contributed by atoms with Crippen molar-refractivity contribution in [3.8, 4) is 6.07 Å². The van der Waals surface area contributed by atoms with Gasteiger partial charge in [0.25, 0.3) is 5.91 Å². The number of alkyl halides is 3. The van der Waals surface area contributed by atoms with Gasteiger partial charge in [-0.2, -0.15) is 18.4 Å². The second-order valence-corrected chi connectivity index (χ2v) is 9.84. The number of rotatable bonds is 4. The van der Waals surface area contributed by atoms with Crippen molar-refractivity contribution in [2.24, 2.45) is 13.0 Å². The Morgan fingerprint density at radius 3 is 2.65 bits per heavy atom. The van der Waals surface area contributed by atoms with Crippen LogP contribution in [0.5, 0.6) is 0 Å². The summed E-state index contributed by atoms with van der Waals surface area (Å²) in [5.41, 5.74) is -0.439. The molecule has 0 bridgehead atoms. The van der Waals surface area contributed by atoms with Crippen LogP contribution in [0.3, 0.4) is 0 Å². The number of nitrogens with one attached hydrogen (secondary N) is 1. The Balaban J connectivity index is 0.00000400. The average molecular weight is 514 g/mol. The van der Waals surface area contributed by atoms with E-state index in [0.717, 1.165) is 6.20 Å². The van der Waals surface area contributed by atoms with E-state index in [1.54, 1.807) is 22.7 Å². The monoisotopic (exact) mass is 513 g/mol. The number of nitrogens with zero attached hydrogens (tertiary/aromatic N) is 4. The fraction of sp³-hybridized carbons (Fsp3) is 0.407. The van der Waals surface area contributed by atoms with Crippen LogP contribution >= 0.6 is 0 Å². The van der Waals surface area contributed by atoms with Gasteiger partial charge >= 0.3 is 6.18 Å². The predicted molar refractivity (Wildman–Crippen MR) is 135 cm³/mol. The molecule has 1 aliphatic rings. The third-order valence-corrected chi connectivity index (χ3v) is 6.89. The molecule has 0 spiro atoms. The summed E-state index contributed by atoms with van der Waals surface area (Å²) in [6.07, 6.45) is -1.03. The Hall–Kier alpha value is -3.87. The fourth-order valence-electron chi connectivity index (χ4n) is 5.11. The molecule has 1 fully saturated rings. The highest BCUT2D eigenvalue weighted by Crippen LogP contribution is 2.45. The van der Waals surface area contributed by atoms with Gasteiger partial charge in [0.2, 0.25) is 5.91 Å². The molecular formula is C27H30F3N5O2. The highest BCUT2D eigenvalue weighted by Gasteiger charge is 2.40. The van der Waals surface area contributed by atoms with Gasteiger partial charge < -0.3 is 14.8 Å². The highest BCUT2D eigenvalue weighted by molar-refractivity contribution is 6.06. The third kappa shape index (κ3) is 5.03. The molecule has 1 aromatic carbocycles. The van der Waals surface area contributed by atoms with E-state index in [9.17, 15) is 22.8 Å². The van der Waals surface area contributed by atoms with Crippen molar-refractivity contribution in [3.05, 3.63) is 58.9 Å². The first-order valence-electron chi connectivity index (χ1n) is 12.1. The highest BCUT2D eigenvalue weighted by atomic mass is 19.4. The van der Waals surface area contributed by atoms with Gasteiger partial charge in [-0.05, 0) is 49.4 Å². The molecule has 4 rings (SSSR count). The van der Waals surface area contributed by atoms with Crippen LogP contribution in [-0.2, 0) is 18.0 Å². The van der Waals surface area contributed by atoms with Crippen LogP contribution in [0, 0.1) is 17.2 Å². The van der Waals surface area contributed by atoms with Crippen molar-refractivity contribution in [2.45, 2.75) is 51.7 Å². The number of halogens is 3. The molecule has 2 atom stereocenters. The summed E-state index contributed by atoms with van der Waals surface area (Å²) in [7, 11) is 1.64. The summed E-state index contributed by atoms with van der Waals surface area (Å²) < 4.78 is 45.2. The molecule has 196 valence electrons. The Kier molecular flexibility index (Phi) is 7.00. The maximum atomic E-state index is 14.6. The van der Waals surface area contributed by atoms with E-state index in [1.165, 1.54) is 24.3 Å². The molecule has 1 saturated heterocycles. The maximum absolute atomic E-state index is 14.6. The van der Waals surface area contributed by atoms with Crippen molar-refractivity contribution in [1.29, 1.82) is 5.26 Å². The van der Waals surface area contributed by atoms with Crippen LogP contribution in [0.15, 0.2) is 36.7 Å². The molecule has 0 unspecified atom stereocenters. The number of hydrogen-bond acceptors (Lipinski definition) is 4. The van der Waals surface area contributed by atoms with Crippen LogP contribution in [0.2, 0.25) is 0 Å². The number of pyridine rings is 1. The number of benzene rings is 1. The molecule has 10 heteroatoms. The summed E-state index contributed by atoms with van der Waals surface area (Å²) in [6.45, 7) is 6.04. The minimum atomic E-state index is -4.77. The number of amides is 2. The molecule has 0 saturated carbocycles. The summed E-state index contributed by atoms with van der Waals surface area (Å²) >= 11 is 0. The number of hydrogen-bond donors (Lipinski definition) is 1. The van der Waals surface area contributed by atoms with E-state index in [1.807, 2.05) is 26.8 Å². The zero-order valence-electron chi connectivity index (χ0n) is 21.1. The standard InChI is InChI=1S/C27H28F3N5O2.H2/c1-15(2)26(37)35-9-8-18(10-16(35)3)20-14-34(4)24-22(20)23(27(28,29)30)21(13-32-24)33-25(36)19-7-5-6-17(11-19)12-31;/h5-7,11,13-16,18H,8-10H2,1-4H3,(H,33,36);1H/t16-,18+;/m0./s1. The van der Waals surface area contributed by atoms with Gasteiger partial charge in [0.15, 0.2) is 0 Å². The smallest absolute Gasteiger partial charge is 0.340 e. The SMILES string of the molecule is CC(C)C(=O)N1CC[C@@H](c2cn(C)c3ncc(NC(=O)c4cccc(C#N)c4)c(C(F)(F)F)c23)C[C@@H]1C.[HH]. The van der Waals surface area contributed by atoms with Gasteiger partial charge in [0.1, 0.15) is 5.65 Å². The van der Waals surface area contributed by atoms with Gasteiger partial charge in [-0.15, -0.1) is 0 Å². The lowest BCUT2D eigenvalue weighted by Gasteiger charge is -2.38. The molecule has 1 aliphatic heterocycles. The number of aryl methyl sites for hydroxylation is 1. The van der Waals surface area contributed by atoms with Gasteiger partial charge in [0.05, 0.1) is 29.1 Å². The molecule has 0 radical (unpaired) electrons. The molecule has 3 heterocycles. The Labute approximate surface area is 214 Å². The Morgan fingerprint density at radius 1 is 1.30 bits per heavy atom. The molecule has 1 N–H and O–H groups in total. The lowest BCUT2D eigenvalue weighted by Crippen LogP contribution is -2.45. The second kappa shape index (κ2) is 9.88. The number of aromatic nitrogens is 2. The first-order chi connectivity index (χ1) is 17.4. The molecular weight excluding hydrogens is 483 g/mol. The first-order valence-corrected chi connectivity index (χ1v) is 12.1. The summed E-state index contributed by atoms with van der Waals surface area (Å²) in [6, 6.07) is 7.53. The number of piperidine rings is 1. The zero-order valence-corrected chi connectivity index (χ0v) is 21.1. The number of anilines is 1. The van der Waals surface area contributed by atoms with E-state index in [4.69, 9.17) is 5.26 Å². The van der Waals surface area contributed by atoms with Crippen LogP contribution in [-0.4, -0.2) is 38.9 Å². The minimum absolute atomic E-state index is 0. The zero-order chi connectivity index (χ0) is 27.1. The largest absolute Gasteiger partial charge is 0.419 e. The summed E-state index contributed by atoms with van der Waals surface area (Å²) in [5.74, 6) is -1.10. The van der Waals surface area contributed by atoms with Crippen molar-refractivity contribution in [1.82, 2.24) is 14.5 Å². The van der Waals surface area contributed by atoms with Crippen LogP contribution < -0.4 is 5.32 Å². The van der Waals surface area contributed by atoms with Crippen LogP contribution in [0.4, 0.5) is 18.9 Å². The maximum Gasteiger partial charge on any atom is 0.419 e. The van der Waals surface area contributed by atoms with Crippen molar-refractivity contribution in [2.75, 3.05) is 11.9 Å². The molecule has 2 amide bonds. The molecule has 37 heavy (non-hydrogen) atoms. The van der Waals surface area contributed by atoms with Gasteiger partial charge in [-0.3, -0.25) is 9.59 Å². The second-order valence-electron chi connectivity index (χ2n) is 9.84. The predicted octanol–water partition coefficient (Wildman–Crippen LogP) is 5.71. The van der Waals surface area contributed by atoms with E-state index in [0.29, 0.717) is 24.9 Å². The van der Waals surface area contributed by atoms with Gasteiger partial charge in [-0.25, -0.2) is 4.98 Å². The first kappa shape index (κ1) is 26.2. The summed E-state index contributed by atoms with van der Waals surface area (Å²) in [5, 5.41) is 11.4. The molecule has 3 aromatic rings. The quantitative estimate of drug-likeness (QED) is 0.484. The minimum Gasteiger partial charge on any atom is -0.340 e. The lowest BCUT2D eigenvalue weighted by molar-refractivity contribution is -0.138. The van der Waals surface area contributed by atoms with Crippen LogP contribution in [0.25, 0.3) is 11.0 Å². The molecule has 7 nitrogen and oxygen atoms in total. The lowest BCUT2D eigenvalue weighted by atomic mass is 9.84. The van der Waals surface area contributed by atoms with Gasteiger partial charge in [-0.1, -0.05) is 19.9 Å². The van der Waals surface area contributed by atoms with Crippen molar-refractivity contribution >= 4 is 28.5 Å². The number of carbonyl (C=O) groups is 2. The average Bonchev–Trinajstić information content (AvgIpc) is 3.18. The fourth-order valence-corrected chi connectivity index (χ4v) is 5.11. The Bertz CT molecular complexity index is 1410. The van der Waals surface area contributed by atoms with E-state index >= 15 is 0 Å². The van der Waals surface area contributed by atoms with Crippen LogP contribution in [0.1, 0.15) is 68.0 Å². The van der Waals surface area contributed by atoms with Gasteiger partial charge in [0, 0.05) is 44.1 Å². The number of carbonyl (C=O) groups excluding carboxylic acids is 2. The number of nitriles is 1. The van der Waals surface area contributed by atoms with E-state index in [-0.39, 0.29) is 47.4 Å². The topological polar surface area (TPSA) is 91.0 Å². The summed E-state index contributed by atoms with van der Waals surface area (Å²) in [4.78, 5) is 31.5. The number of likely N-dealkylation sites (tertiary alicyclic amines) is 1. The van der Waals surface area contributed by atoms with Crippen molar-refractivity contribution < 1.29 is 24.2 Å².